The first-order valence-corrected chi connectivity index (χ1v) is 9.88. The Labute approximate surface area is 171 Å². The van der Waals surface area contributed by atoms with E-state index in [9.17, 15) is 9.59 Å². The summed E-state index contributed by atoms with van der Waals surface area (Å²) in [5.41, 5.74) is 4.55. The molecule has 0 atom stereocenters. The fraction of sp³-hybridized carbons (Fsp3) is 0.304. The minimum Gasteiger partial charge on any atom is -0.369 e. The predicted molar refractivity (Wildman–Crippen MR) is 116 cm³/mol. The molecule has 4 rings (SSSR count). The Hall–Kier alpha value is -3.12. The van der Waals surface area contributed by atoms with Crippen LogP contribution in [0.5, 0.6) is 0 Å². The summed E-state index contributed by atoms with van der Waals surface area (Å²) in [6.07, 6.45) is 0. The first kappa shape index (κ1) is 19.2. The number of piperazine rings is 1. The van der Waals surface area contributed by atoms with Crippen molar-refractivity contribution in [1.82, 2.24) is 9.80 Å². The number of hydrogen-bond donors (Lipinski definition) is 1. The molecular formula is C23H26N4O2. The van der Waals surface area contributed by atoms with Gasteiger partial charge in [0.25, 0.3) is 11.8 Å². The number of benzene rings is 2. The zero-order valence-corrected chi connectivity index (χ0v) is 17.1. The molecule has 0 aliphatic carbocycles. The molecule has 2 heterocycles. The summed E-state index contributed by atoms with van der Waals surface area (Å²) < 4.78 is 0. The Morgan fingerprint density at radius 3 is 2.03 bits per heavy atom. The Morgan fingerprint density at radius 2 is 1.41 bits per heavy atom. The maximum absolute atomic E-state index is 12.7. The van der Waals surface area contributed by atoms with Crippen molar-refractivity contribution in [3.8, 4) is 0 Å². The first-order valence-electron chi connectivity index (χ1n) is 9.88. The lowest BCUT2D eigenvalue weighted by molar-refractivity contribution is -0.135. The highest BCUT2D eigenvalue weighted by atomic mass is 16.2. The van der Waals surface area contributed by atoms with Gasteiger partial charge in [-0.15, -0.1) is 0 Å². The summed E-state index contributed by atoms with van der Waals surface area (Å²) in [6.45, 7) is 6.10. The molecular weight excluding hydrogens is 364 g/mol. The fourth-order valence-electron chi connectivity index (χ4n) is 3.71. The van der Waals surface area contributed by atoms with Crippen LogP contribution in [0.2, 0.25) is 0 Å². The maximum Gasteiger partial charge on any atom is 0.277 e. The van der Waals surface area contributed by atoms with E-state index >= 15 is 0 Å². The van der Waals surface area contributed by atoms with Gasteiger partial charge in [-0.3, -0.25) is 14.5 Å². The number of imide groups is 1. The lowest BCUT2D eigenvalue weighted by Crippen LogP contribution is -2.44. The van der Waals surface area contributed by atoms with Crippen LogP contribution >= 0.6 is 0 Å². The number of carbonyl (C=O) groups is 2. The van der Waals surface area contributed by atoms with Gasteiger partial charge in [-0.05, 0) is 43.8 Å². The van der Waals surface area contributed by atoms with E-state index in [-0.39, 0.29) is 11.8 Å². The highest BCUT2D eigenvalue weighted by molar-refractivity contribution is 6.36. The molecule has 6 heteroatoms. The quantitative estimate of drug-likeness (QED) is 0.814. The van der Waals surface area contributed by atoms with E-state index in [0.717, 1.165) is 47.9 Å². The minimum absolute atomic E-state index is 0.282. The summed E-state index contributed by atoms with van der Waals surface area (Å²) in [7, 11) is 3.66. The van der Waals surface area contributed by atoms with Gasteiger partial charge in [-0.25, -0.2) is 0 Å². The Balaban J connectivity index is 1.59. The topological polar surface area (TPSA) is 55.9 Å². The molecule has 0 bridgehead atoms. The first-order chi connectivity index (χ1) is 13.9. The van der Waals surface area contributed by atoms with Crippen LogP contribution in [0.1, 0.15) is 11.1 Å². The highest BCUT2D eigenvalue weighted by Crippen LogP contribution is 2.30. The molecule has 0 spiro atoms. The van der Waals surface area contributed by atoms with Crippen LogP contribution in [0.3, 0.4) is 0 Å². The van der Waals surface area contributed by atoms with Crippen molar-refractivity contribution in [2.75, 3.05) is 50.5 Å². The second-order valence-electron chi connectivity index (χ2n) is 7.75. The molecule has 2 aromatic rings. The van der Waals surface area contributed by atoms with Gasteiger partial charge in [0.05, 0.1) is 5.57 Å². The van der Waals surface area contributed by atoms with Crippen LogP contribution in [-0.4, -0.2) is 61.9 Å². The van der Waals surface area contributed by atoms with Gasteiger partial charge in [0, 0.05) is 44.6 Å². The van der Waals surface area contributed by atoms with E-state index in [0.29, 0.717) is 11.3 Å². The van der Waals surface area contributed by atoms with Crippen LogP contribution in [0.15, 0.2) is 54.2 Å². The van der Waals surface area contributed by atoms with Crippen LogP contribution in [0, 0.1) is 6.92 Å². The smallest absolute Gasteiger partial charge is 0.277 e. The lowest BCUT2D eigenvalue weighted by Gasteiger charge is -2.34. The van der Waals surface area contributed by atoms with E-state index in [1.165, 1.54) is 12.7 Å². The predicted octanol–water partition coefficient (Wildman–Crippen LogP) is 2.57. The molecule has 1 N–H and O–H groups in total. The van der Waals surface area contributed by atoms with Gasteiger partial charge in [0.2, 0.25) is 0 Å². The van der Waals surface area contributed by atoms with E-state index in [1.54, 1.807) is 0 Å². The summed E-state index contributed by atoms with van der Waals surface area (Å²) in [4.78, 5) is 31.2. The molecule has 1 fully saturated rings. The molecule has 6 nitrogen and oxygen atoms in total. The Bertz CT molecular complexity index is 955. The van der Waals surface area contributed by atoms with Crippen molar-refractivity contribution in [1.29, 1.82) is 0 Å². The summed E-state index contributed by atoms with van der Waals surface area (Å²) in [5, 5.41) is 3.19. The number of anilines is 2. The number of hydrogen-bond acceptors (Lipinski definition) is 5. The van der Waals surface area contributed by atoms with Crippen molar-refractivity contribution in [3.63, 3.8) is 0 Å². The molecule has 1 saturated heterocycles. The summed E-state index contributed by atoms with van der Waals surface area (Å²) in [5.74, 6) is -0.593. The number of aryl methyl sites for hydroxylation is 1. The summed E-state index contributed by atoms with van der Waals surface area (Å²) in [6, 6.07) is 15.7. The lowest BCUT2D eigenvalue weighted by atomic mass is 10.0. The van der Waals surface area contributed by atoms with Crippen molar-refractivity contribution in [2.45, 2.75) is 6.92 Å². The van der Waals surface area contributed by atoms with Crippen molar-refractivity contribution < 1.29 is 9.59 Å². The van der Waals surface area contributed by atoms with Gasteiger partial charge >= 0.3 is 0 Å². The second-order valence-corrected chi connectivity index (χ2v) is 7.75. The van der Waals surface area contributed by atoms with Gasteiger partial charge in [-0.2, -0.15) is 0 Å². The third-order valence-corrected chi connectivity index (χ3v) is 5.63. The van der Waals surface area contributed by atoms with Crippen molar-refractivity contribution in [3.05, 3.63) is 65.4 Å². The summed E-state index contributed by atoms with van der Waals surface area (Å²) >= 11 is 0. The molecule has 0 radical (unpaired) electrons. The van der Waals surface area contributed by atoms with E-state index in [2.05, 4.69) is 34.3 Å². The molecule has 0 aromatic heterocycles. The van der Waals surface area contributed by atoms with Crippen molar-refractivity contribution in [2.24, 2.45) is 0 Å². The number of carbonyl (C=O) groups excluding carboxylic acids is 2. The number of nitrogens with one attached hydrogen (secondary N) is 1. The third kappa shape index (κ3) is 3.76. The maximum atomic E-state index is 12.7. The molecule has 0 unspecified atom stereocenters. The standard InChI is InChI=1S/C23H26N4O2/c1-16-4-6-17(7-5-16)20-21(23(29)26(3)22(20)28)24-18-8-10-19(11-9-18)27-14-12-25(2)13-15-27/h4-11,24H,12-15H2,1-3H3. The molecule has 2 aliphatic rings. The van der Waals surface area contributed by atoms with E-state index in [1.807, 2.05) is 43.3 Å². The zero-order chi connectivity index (χ0) is 20.5. The normalized spacial score (nSPS) is 18.0. The largest absolute Gasteiger partial charge is 0.369 e. The number of rotatable bonds is 4. The number of amides is 2. The Kier molecular flexibility index (Phi) is 5.11. The SMILES string of the molecule is Cc1ccc(C2=C(Nc3ccc(N4CCN(C)CC4)cc3)C(=O)N(C)C2=O)cc1. The van der Waals surface area contributed by atoms with Crippen LogP contribution < -0.4 is 10.2 Å². The van der Waals surface area contributed by atoms with Crippen LogP contribution in [-0.2, 0) is 9.59 Å². The van der Waals surface area contributed by atoms with E-state index < -0.39 is 0 Å². The van der Waals surface area contributed by atoms with Gasteiger partial charge in [0.1, 0.15) is 5.70 Å². The van der Waals surface area contributed by atoms with Gasteiger partial charge in [0.15, 0.2) is 0 Å². The van der Waals surface area contributed by atoms with Gasteiger partial charge in [-0.1, -0.05) is 29.8 Å². The van der Waals surface area contributed by atoms with Gasteiger partial charge < -0.3 is 15.1 Å². The average Bonchev–Trinajstić information content (AvgIpc) is 2.94. The zero-order valence-electron chi connectivity index (χ0n) is 17.1. The number of nitrogens with zero attached hydrogens (tertiary/aromatic N) is 3. The van der Waals surface area contributed by atoms with Crippen molar-refractivity contribution >= 4 is 28.8 Å². The molecule has 2 aromatic carbocycles. The average molecular weight is 390 g/mol. The second kappa shape index (κ2) is 7.72. The fourth-order valence-corrected chi connectivity index (χ4v) is 3.71. The van der Waals surface area contributed by atoms with Crippen LogP contribution in [0.25, 0.3) is 5.57 Å². The minimum atomic E-state index is -0.311. The molecule has 0 saturated carbocycles. The molecule has 2 amide bonds. The number of likely N-dealkylation sites (N-methyl/N-ethyl adjacent to an activating group) is 2. The monoisotopic (exact) mass is 390 g/mol. The Morgan fingerprint density at radius 1 is 0.793 bits per heavy atom. The third-order valence-electron chi connectivity index (χ3n) is 5.63. The van der Waals surface area contributed by atoms with Crippen LogP contribution in [0.4, 0.5) is 11.4 Å². The molecule has 29 heavy (non-hydrogen) atoms. The van der Waals surface area contributed by atoms with E-state index in [4.69, 9.17) is 0 Å². The molecule has 2 aliphatic heterocycles. The molecule has 150 valence electrons. The highest BCUT2D eigenvalue weighted by Gasteiger charge is 2.36.